The normalized spacial score (nSPS) is 16.8. The Bertz CT molecular complexity index is 499. The molecule has 1 N–H and O–H groups in total. The molecule has 1 aromatic carbocycles. The molecule has 1 aliphatic heterocycles. The van der Waals surface area contributed by atoms with Crippen LogP contribution in [-0.4, -0.2) is 22.8 Å². The van der Waals surface area contributed by atoms with Crippen molar-refractivity contribution in [2.75, 3.05) is 0 Å². The van der Waals surface area contributed by atoms with Crippen LogP contribution in [0.3, 0.4) is 0 Å². The van der Waals surface area contributed by atoms with Gasteiger partial charge in [0, 0.05) is 13.8 Å². The summed E-state index contributed by atoms with van der Waals surface area (Å²) < 4.78 is 10.4. The zero-order valence-corrected chi connectivity index (χ0v) is 9.73. The zero-order chi connectivity index (χ0) is 12.8. The number of carbonyl (C=O) groups excluding carboxylic acids is 1. The van der Waals surface area contributed by atoms with Gasteiger partial charge in [-0.15, -0.1) is 0 Å². The molecule has 0 saturated heterocycles. The summed E-state index contributed by atoms with van der Waals surface area (Å²) in [7, 11) is 0. The van der Waals surface area contributed by atoms with Crippen LogP contribution < -0.4 is 4.74 Å². The number of benzene rings is 1. The van der Waals surface area contributed by atoms with E-state index in [0.717, 1.165) is 0 Å². The summed E-state index contributed by atoms with van der Waals surface area (Å²) in [5.74, 6) is -2.77. The van der Waals surface area contributed by atoms with Gasteiger partial charge >= 0.3 is 11.9 Å². The lowest BCUT2D eigenvalue weighted by atomic mass is 10.0. The molecule has 1 aromatic rings. The number of carboxylic acid groups (broad SMARTS) is 1. The lowest BCUT2D eigenvalue weighted by Crippen LogP contribution is -2.39. The molecule has 0 unspecified atom stereocenters. The first kappa shape index (κ1) is 11.4. The topological polar surface area (TPSA) is 72.8 Å². The van der Waals surface area contributed by atoms with Crippen molar-refractivity contribution >= 4 is 11.9 Å². The van der Waals surface area contributed by atoms with E-state index in [-0.39, 0.29) is 16.9 Å². The summed E-state index contributed by atoms with van der Waals surface area (Å²) in [6, 6.07) is 3.02. The summed E-state index contributed by atoms with van der Waals surface area (Å²) in [5.41, 5.74) is 0.799. The van der Waals surface area contributed by atoms with E-state index in [9.17, 15) is 9.59 Å². The van der Waals surface area contributed by atoms with Crippen LogP contribution in [0.15, 0.2) is 12.1 Å². The maximum absolute atomic E-state index is 11.7. The smallest absolute Gasteiger partial charge is 0.345 e. The van der Waals surface area contributed by atoms with Gasteiger partial charge in [0.1, 0.15) is 11.1 Å². The highest BCUT2D eigenvalue weighted by atomic mass is 16.7. The first-order valence-corrected chi connectivity index (χ1v) is 5.10. The van der Waals surface area contributed by atoms with Crippen LogP contribution in [0, 0.1) is 6.92 Å². The van der Waals surface area contributed by atoms with Gasteiger partial charge in [-0.3, -0.25) is 0 Å². The number of cyclic esters (lactones) is 1. The van der Waals surface area contributed by atoms with Crippen LogP contribution in [0.1, 0.15) is 40.1 Å². The van der Waals surface area contributed by atoms with E-state index in [0.29, 0.717) is 5.56 Å². The number of esters is 1. The van der Waals surface area contributed by atoms with E-state index in [2.05, 4.69) is 0 Å². The largest absolute Gasteiger partial charge is 0.478 e. The van der Waals surface area contributed by atoms with Crippen LogP contribution in [-0.2, 0) is 4.74 Å². The van der Waals surface area contributed by atoms with Gasteiger partial charge in [-0.1, -0.05) is 0 Å². The van der Waals surface area contributed by atoms with Crippen LogP contribution >= 0.6 is 0 Å². The Balaban J connectivity index is 2.67. The molecule has 2 rings (SSSR count). The second kappa shape index (κ2) is 3.48. The minimum atomic E-state index is -1.15. The molecule has 17 heavy (non-hydrogen) atoms. The van der Waals surface area contributed by atoms with Crippen molar-refractivity contribution in [3.63, 3.8) is 0 Å². The van der Waals surface area contributed by atoms with Crippen molar-refractivity contribution in [2.24, 2.45) is 0 Å². The van der Waals surface area contributed by atoms with E-state index >= 15 is 0 Å². The Kier molecular flexibility index (Phi) is 2.34. The molecule has 0 saturated carbocycles. The number of fused-ring (bicyclic) bond motifs is 1. The molecule has 0 aromatic heterocycles. The minimum absolute atomic E-state index is 0.0234. The van der Waals surface area contributed by atoms with Crippen molar-refractivity contribution in [3.05, 3.63) is 28.8 Å². The highest BCUT2D eigenvalue weighted by molar-refractivity contribution is 6.00. The number of hydrogen-bond donors (Lipinski definition) is 1. The Morgan fingerprint density at radius 2 is 1.94 bits per heavy atom. The summed E-state index contributed by atoms with van der Waals surface area (Å²) in [4.78, 5) is 22.8. The molecule has 5 nitrogen and oxygen atoms in total. The molecule has 0 aliphatic carbocycles. The Hall–Kier alpha value is -2.04. The van der Waals surface area contributed by atoms with Gasteiger partial charge < -0.3 is 14.6 Å². The van der Waals surface area contributed by atoms with Crippen LogP contribution in [0.4, 0.5) is 0 Å². The summed E-state index contributed by atoms with van der Waals surface area (Å²) in [6.07, 6.45) is 0. The van der Waals surface area contributed by atoms with Crippen molar-refractivity contribution < 1.29 is 24.2 Å². The predicted molar refractivity (Wildman–Crippen MR) is 58.3 cm³/mol. The molecular formula is C12H12O5. The standard InChI is InChI=1S/C12H12O5/c1-6-4-7(10(13)14)9-8(5-6)11(15)17-12(2,3)16-9/h4-5H,1-3H3,(H,13,14). The lowest BCUT2D eigenvalue weighted by molar-refractivity contribution is -0.127. The highest BCUT2D eigenvalue weighted by Crippen LogP contribution is 2.35. The Morgan fingerprint density at radius 3 is 2.53 bits per heavy atom. The molecule has 0 spiro atoms. The number of aromatic carboxylic acids is 1. The first-order valence-electron chi connectivity index (χ1n) is 5.10. The van der Waals surface area contributed by atoms with E-state index in [1.165, 1.54) is 6.07 Å². The highest BCUT2D eigenvalue weighted by Gasteiger charge is 2.36. The summed E-state index contributed by atoms with van der Waals surface area (Å²) in [5, 5.41) is 9.09. The van der Waals surface area contributed by atoms with Crippen molar-refractivity contribution in [1.82, 2.24) is 0 Å². The van der Waals surface area contributed by atoms with Gasteiger partial charge in [0.25, 0.3) is 0 Å². The lowest BCUT2D eigenvalue weighted by Gasteiger charge is -2.32. The predicted octanol–water partition coefficient (Wildman–Crippen LogP) is 1.98. The molecule has 0 fully saturated rings. The monoisotopic (exact) mass is 236 g/mol. The molecular weight excluding hydrogens is 224 g/mol. The average molecular weight is 236 g/mol. The van der Waals surface area contributed by atoms with Crippen LogP contribution in [0.5, 0.6) is 5.75 Å². The van der Waals surface area contributed by atoms with Gasteiger partial charge in [-0.25, -0.2) is 9.59 Å². The number of carbonyl (C=O) groups is 2. The molecule has 0 radical (unpaired) electrons. The quantitative estimate of drug-likeness (QED) is 0.755. The first-order chi connectivity index (χ1) is 7.80. The average Bonchev–Trinajstić information content (AvgIpc) is 2.17. The van der Waals surface area contributed by atoms with Gasteiger partial charge in [-0.05, 0) is 24.6 Å². The number of carboxylic acids is 1. The van der Waals surface area contributed by atoms with Gasteiger partial charge in [0.15, 0.2) is 5.75 Å². The zero-order valence-electron chi connectivity index (χ0n) is 9.73. The van der Waals surface area contributed by atoms with Crippen LogP contribution in [0.2, 0.25) is 0 Å². The maximum atomic E-state index is 11.7. The van der Waals surface area contributed by atoms with Crippen molar-refractivity contribution in [3.8, 4) is 5.75 Å². The third-order valence-corrected chi connectivity index (χ3v) is 2.37. The van der Waals surface area contributed by atoms with E-state index in [4.69, 9.17) is 14.6 Å². The summed E-state index contributed by atoms with van der Waals surface area (Å²) >= 11 is 0. The molecule has 1 heterocycles. The van der Waals surface area contributed by atoms with Gasteiger partial charge in [-0.2, -0.15) is 0 Å². The fraction of sp³-hybridized carbons (Fsp3) is 0.333. The van der Waals surface area contributed by atoms with E-state index < -0.39 is 17.7 Å². The number of rotatable bonds is 1. The minimum Gasteiger partial charge on any atom is -0.478 e. The molecule has 0 amide bonds. The van der Waals surface area contributed by atoms with E-state index in [1.807, 2.05) is 0 Å². The number of hydrogen-bond acceptors (Lipinski definition) is 4. The second-order valence-electron chi connectivity index (χ2n) is 4.39. The van der Waals surface area contributed by atoms with Crippen LogP contribution in [0.25, 0.3) is 0 Å². The Morgan fingerprint density at radius 1 is 1.29 bits per heavy atom. The van der Waals surface area contributed by atoms with Crippen molar-refractivity contribution in [1.29, 1.82) is 0 Å². The Labute approximate surface area is 98.0 Å². The fourth-order valence-electron chi connectivity index (χ4n) is 1.74. The van der Waals surface area contributed by atoms with Gasteiger partial charge in [0.2, 0.25) is 5.79 Å². The fourth-order valence-corrected chi connectivity index (χ4v) is 1.74. The molecule has 90 valence electrons. The number of ether oxygens (including phenoxy) is 2. The number of aryl methyl sites for hydroxylation is 1. The molecule has 1 aliphatic rings. The third-order valence-electron chi connectivity index (χ3n) is 2.37. The molecule has 0 bridgehead atoms. The molecule has 5 heteroatoms. The van der Waals surface area contributed by atoms with Gasteiger partial charge in [0.05, 0.1) is 0 Å². The summed E-state index contributed by atoms with van der Waals surface area (Å²) in [6.45, 7) is 4.82. The van der Waals surface area contributed by atoms with Crippen molar-refractivity contribution in [2.45, 2.75) is 26.6 Å². The maximum Gasteiger partial charge on any atom is 0.345 e. The molecule has 0 atom stereocenters. The third kappa shape index (κ3) is 1.95. The SMILES string of the molecule is Cc1cc(C(=O)O)c2c(c1)C(=O)OC(C)(C)O2. The van der Waals surface area contributed by atoms with E-state index in [1.54, 1.807) is 26.8 Å². The second-order valence-corrected chi connectivity index (χ2v) is 4.39.